The van der Waals surface area contributed by atoms with Crippen molar-refractivity contribution in [3.63, 3.8) is 0 Å². The van der Waals surface area contributed by atoms with Crippen LogP contribution in [0.25, 0.3) is 0 Å². The van der Waals surface area contributed by atoms with Crippen molar-refractivity contribution in [3.8, 4) is 5.75 Å². The summed E-state index contributed by atoms with van der Waals surface area (Å²) in [4.78, 5) is 10.9. The van der Waals surface area contributed by atoms with E-state index < -0.39 is 24.5 Å². The van der Waals surface area contributed by atoms with Gasteiger partial charge in [-0.2, -0.15) is 0 Å². The van der Waals surface area contributed by atoms with E-state index in [1.165, 1.54) is 6.07 Å². The number of halogens is 1. The average molecular weight is 222 g/mol. The quantitative estimate of drug-likeness (QED) is 0.701. The van der Waals surface area contributed by atoms with Crippen LogP contribution in [0.4, 0.5) is 4.39 Å². The minimum atomic E-state index is -1.37. The summed E-state index contributed by atoms with van der Waals surface area (Å²) in [5.41, 5.74) is 0.205. The first-order chi connectivity index (χ1) is 7.59. The van der Waals surface area contributed by atoms with Gasteiger partial charge in [0.25, 0.3) is 0 Å². The second-order valence-electron chi connectivity index (χ2n) is 4.16. The van der Waals surface area contributed by atoms with Gasteiger partial charge in [0.2, 0.25) is 0 Å². The van der Waals surface area contributed by atoms with E-state index in [-0.39, 0.29) is 17.5 Å². The van der Waals surface area contributed by atoms with Gasteiger partial charge in [-0.3, -0.25) is 0 Å². The molecule has 2 aliphatic rings. The molecule has 1 saturated carbocycles. The predicted octanol–water partition coefficient (Wildman–Crippen LogP) is 1.25. The van der Waals surface area contributed by atoms with Gasteiger partial charge in [-0.1, -0.05) is 6.07 Å². The van der Waals surface area contributed by atoms with Crippen molar-refractivity contribution in [3.05, 3.63) is 29.1 Å². The second kappa shape index (κ2) is 2.98. The molecule has 0 radical (unpaired) electrons. The maximum atomic E-state index is 13.4. The number of benzene rings is 1. The first-order valence-corrected chi connectivity index (χ1v) is 5.00. The Hall–Kier alpha value is -1.56. The fourth-order valence-corrected chi connectivity index (χ4v) is 2.29. The van der Waals surface area contributed by atoms with Gasteiger partial charge in [-0.25, -0.2) is 9.18 Å². The van der Waals surface area contributed by atoms with E-state index in [0.717, 1.165) is 12.5 Å². The normalized spacial score (nSPS) is 25.5. The molecule has 1 heterocycles. The lowest BCUT2D eigenvalue weighted by molar-refractivity contribution is 0.0689. The highest BCUT2D eigenvalue weighted by Gasteiger charge is 2.54. The van der Waals surface area contributed by atoms with E-state index in [0.29, 0.717) is 5.56 Å². The Morgan fingerprint density at radius 2 is 2.31 bits per heavy atom. The Bertz CT molecular complexity index is 490. The Labute approximate surface area is 90.8 Å². The molecule has 0 amide bonds. The highest BCUT2D eigenvalue weighted by Crippen LogP contribution is 2.60. The molecule has 1 aromatic rings. The molecule has 1 unspecified atom stereocenters. The monoisotopic (exact) mass is 222 g/mol. The molecule has 0 saturated heterocycles. The summed E-state index contributed by atoms with van der Waals surface area (Å²) in [6.07, 6.45) is 0.763. The van der Waals surface area contributed by atoms with Gasteiger partial charge in [-0.15, -0.1) is 0 Å². The van der Waals surface area contributed by atoms with E-state index in [1.807, 2.05) is 0 Å². The van der Waals surface area contributed by atoms with Gasteiger partial charge in [0.15, 0.2) is 0 Å². The number of hydrogen-bond acceptors (Lipinski definition) is 3. The molecule has 0 bridgehead atoms. The van der Waals surface area contributed by atoms with Gasteiger partial charge in [0, 0.05) is 5.82 Å². The fraction of sp³-hybridized carbons (Fsp3) is 0.300. The molecule has 3 rings (SSSR count). The van der Waals surface area contributed by atoms with Crippen LogP contribution in [0.15, 0.2) is 12.1 Å². The Morgan fingerprint density at radius 3 is 3.00 bits per heavy atom. The molecular formula is C10H8BFO4. The zero-order valence-electron chi connectivity index (χ0n) is 8.18. The van der Waals surface area contributed by atoms with Crippen LogP contribution in [0, 0.1) is 5.82 Å². The van der Waals surface area contributed by atoms with Crippen LogP contribution in [0.5, 0.6) is 5.75 Å². The molecule has 1 aliphatic heterocycles. The van der Waals surface area contributed by atoms with Crippen molar-refractivity contribution in [2.45, 2.75) is 18.2 Å². The van der Waals surface area contributed by atoms with Crippen molar-refractivity contribution < 1.29 is 24.0 Å². The topological polar surface area (TPSA) is 66.8 Å². The third kappa shape index (κ3) is 1.16. The van der Waals surface area contributed by atoms with E-state index in [9.17, 15) is 14.2 Å². The van der Waals surface area contributed by atoms with Crippen LogP contribution >= 0.6 is 0 Å². The van der Waals surface area contributed by atoms with Gasteiger partial charge >= 0.3 is 13.1 Å². The summed E-state index contributed by atoms with van der Waals surface area (Å²) >= 11 is 0. The molecule has 1 fully saturated rings. The van der Waals surface area contributed by atoms with Crippen LogP contribution in [0.2, 0.25) is 5.82 Å². The van der Waals surface area contributed by atoms with Crippen LogP contribution in [0.3, 0.4) is 0 Å². The summed E-state index contributed by atoms with van der Waals surface area (Å²) in [6.45, 7) is 0. The van der Waals surface area contributed by atoms with Gasteiger partial charge < -0.3 is 14.8 Å². The third-order valence-corrected chi connectivity index (χ3v) is 3.20. The largest absolute Gasteiger partial charge is 0.535 e. The smallest absolute Gasteiger partial charge is 0.526 e. The van der Waals surface area contributed by atoms with E-state index in [4.69, 9.17) is 9.76 Å². The standard InChI is InChI=1S/C10H8BFO4/c12-7-2-1-4-5-3-6(5)11(15)16-9(4)8(7)10(13)14/h1-2,5-6,15H,3H2,(H,13,14)/t5?,6-/m1/s1. The Morgan fingerprint density at radius 1 is 1.56 bits per heavy atom. The van der Waals surface area contributed by atoms with Gasteiger partial charge in [0.05, 0.1) is 0 Å². The lowest BCUT2D eigenvalue weighted by Gasteiger charge is -2.21. The van der Waals surface area contributed by atoms with E-state index in [2.05, 4.69) is 0 Å². The summed E-state index contributed by atoms with van der Waals surface area (Å²) < 4.78 is 18.4. The zero-order valence-corrected chi connectivity index (χ0v) is 8.18. The molecule has 0 aromatic heterocycles. The maximum Gasteiger partial charge on any atom is 0.526 e. The Balaban J connectivity index is 2.19. The van der Waals surface area contributed by atoms with Crippen molar-refractivity contribution in [1.29, 1.82) is 0 Å². The third-order valence-electron chi connectivity index (χ3n) is 3.20. The fourth-order valence-electron chi connectivity index (χ4n) is 2.29. The molecular weight excluding hydrogens is 214 g/mol. The molecule has 2 N–H and O–H groups in total. The number of fused-ring (bicyclic) bond motifs is 3. The van der Waals surface area contributed by atoms with Crippen LogP contribution < -0.4 is 4.65 Å². The Kier molecular flexibility index (Phi) is 1.80. The maximum absolute atomic E-state index is 13.4. The molecule has 4 nitrogen and oxygen atoms in total. The number of carboxylic acid groups (broad SMARTS) is 1. The van der Waals surface area contributed by atoms with Gasteiger partial charge in [0.1, 0.15) is 17.1 Å². The van der Waals surface area contributed by atoms with Crippen LogP contribution in [-0.4, -0.2) is 23.2 Å². The van der Waals surface area contributed by atoms with Crippen molar-refractivity contribution in [1.82, 2.24) is 0 Å². The molecule has 1 aromatic carbocycles. The van der Waals surface area contributed by atoms with Gasteiger partial charge in [-0.05, 0) is 24.0 Å². The summed E-state index contributed by atoms with van der Waals surface area (Å²) in [5, 5.41) is 18.4. The summed E-state index contributed by atoms with van der Waals surface area (Å²) in [7, 11) is -1.02. The molecule has 6 heteroatoms. The first kappa shape index (κ1) is 9.66. The van der Waals surface area contributed by atoms with E-state index in [1.54, 1.807) is 0 Å². The number of rotatable bonds is 1. The SMILES string of the molecule is O=C(O)c1c(F)ccc2c1OB(O)[C@@H]1CC21. The van der Waals surface area contributed by atoms with Crippen molar-refractivity contribution in [2.75, 3.05) is 0 Å². The number of hydrogen-bond donors (Lipinski definition) is 2. The average Bonchev–Trinajstić information content (AvgIpc) is 2.96. The van der Waals surface area contributed by atoms with Crippen molar-refractivity contribution in [2.24, 2.45) is 0 Å². The van der Waals surface area contributed by atoms with Crippen molar-refractivity contribution >= 4 is 13.1 Å². The van der Waals surface area contributed by atoms with Crippen LogP contribution in [0.1, 0.15) is 28.3 Å². The highest BCUT2D eigenvalue weighted by molar-refractivity contribution is 6.48. The number of aromatic carboxylic acids is 1. The highest BCUT2D eigenvalue weighted by atomic mass is 19.1. The summed E-state index contributed by atoms with van der Waals surface area (Å²) in [5.74, 6) is -2.09. The molecule has 1 aliphatic carbocycles. The molecule has 2 atom stereocenters. The second-order valence-corrected chi connectivity index (χ2v) is 4.16. The van der Waals surface area contributed by atoms with E-state index >= 15 is 0 Å². The summed E-state index contributed by atoms with van der Waals surface area (Å²) in [6, 6.07) is 2.67. The zero-order chi connectivity index (χ0) is 11.4. The molecule has 82 valence electrons. The van der Waals surface area contributed by atoms with Crippen LogP contribution in [-0.2, 0) is 0 Å². The predicted molar refractivity (Wildman–Crippen MR) is 53.1 cm³/mol. The lowest BCUT2D eigenvalue weighted by atomic mass is 9.77. The minimum absolute atomic E-state index is 0.0150. The molecule has 16 heavy (non-hydrogen) atoms. The minimum Gasteiger partial charge on any atom is -0.535 e. The number of carbonyl (C=O) groups is 1. The number of carboxylic acids is 1. The first-order valence-electron chi connectivity index (χ1n) is 5.00. The molecule has 0 spiro atoms. The lowest BCUT2D eigenvalue weighted by Crippen LogP contribution is -2.27.